The largest absolute Gasteiger partial charge is 0.352 e. The Bertz CT molecular complexity index is 583. The summed E-state index contributed by atoms with van der Waals surface area (Å²) in [6.07, 6.45) is 4.53. The molecule has 1 amide bonds. The summed E-state index contributed by atoms with van der Waals surface area (Å²) < 4.78 is 22.7. The van der Waals surface area contributed by atoms with Gasteiger partial charge in [0, 0.05) is 23.2 Å². The number of carbonyl (C=O) groups excluding carboxylic acids is 1. The minimum atomic E-state index is -3.21. The molecule has 1 fully saturated rings. The SMILES string of the molecule is CS(=O)(=O)c1ccc(C(=O)NCC2CCC(Br)C2)cc1. The van der Waals surface area contributed by atoms with Crippen LogP contribution in [0.5, 0.6) is 0 Å². The Balaban J connectivity index is 1.92. The Hall–Kier alpha value is -0.880. The van der Waals surface area contributed by atoms with E-state index in [0.717, 1.165) is 25.5 Å². The van der Waals surface area contributed by atoms with Gasteiger partial charge in [-0.1, -0.05) is 15.9 Å². The summed E-state index contributed by atoms with van der Waals surface area (Å²) in [4.78, 5) is 12.8. The molecule has 2 rings (SSSR count). The lowest BCUT2D eigenvalue weighted by Crippen LogP contribution is -2.28. The molecule has 0 spiro atoms. The van der Waals surface area contributed by atoms with Crippen LogP contribution in [-0.2, 0) is 9.84 Å². The van der Waals surface area contributed by atoms with Crippen molar-refractivity contribution in [1.82, 2.24) is 5.32 Å². The maximum absolute atomic E-state index is 12.0. The highest BCUT2D eigenvalue weighted by Crippen LogP contribution is 2.30. The first-order valence-electron chi connectivity index (χ1n) is 6.58. The van der Waals surface area contributed by atoms with Gasteiger partial charge in [0.1, 0.15) is 0 Å². The maximum Gasteiger partial charge on any atom is 0.251 e. The van der Waals surface area contributed by atoms with Crippen LogP contribution >= 0.6 is 15.9 Å². The van der Waals surface area contributed by atoms with E-state index in [4.69, 9.17) is 0 Å². The Kier molecular flexibility index (Phi) is 4.86. The highest BCUT2D eigenvalue weighted by Gasteiger charge is 2.22. The molecule has 6 heteroatoms. The Morgan fingerprint density at radius 3 is 2.45 bits per heavy atom. The molecule has 0 heterocycles. The monoisotopic (exact) mass is 359 g/mol. The van der Waals surface area contributed by atoms with Gasteiger partial charge in [-0.25, -0.2) is 8.42 Å². The molecule has 2 atom stereocenters. The number of amides is 1. The lowest BCUT2D eigenvalue weighted by atomic mass is 10.1. The number of alkyl halides is 1. The van der Waals surface area contributed by atoms with Crippen molar-refractivity contribution in [2.24, 2.45) is 5.92 Å². The first kappa shape index (κ1) is 15.5. The van der Waals surface area contributed by atoms with Crippen LogP contribution in [-0.4, -0.2) is 32.0 Å². The molecule has 1 N–H and O–H groups in total. The molecule has 0 aromatic heterocycles. The number of carbonyl (C=O) groups is 1. The number of benzene rings is 1. The van der Waals surface area contributed by atoms with E-state index in [-0.39, 0.29) is 10.8 Å². The average molecular weight is 360 g/mol. The van der Waals surface area contributed by atoms with Gasteiger partial charge >= 0.3 is 0 Å². The zero-order valence-electron chi connectivity index (χ0n) is 11.3. The van der Waals surface area contributed by atoms with Gasteiger partial charge in [0.15, 0.2) is 9.84 Å². The van der Waals surface area contributed by atoms with Crippen molar-refractivity contribution in [1.29, 1.82) is 0 Å². The van der Waals surface area contributed by atoms with E-state index in [2.05, 4.69) is 21.2 Å². The van der Waals surface area contributed by atoms with Crippen molar-refractivity contribution in [3.63, 3.8) is 0 Å². The van der Waals surface area contributed by atoms with Crippen LogP contribution in [0, 0.1) is 5.92 Å². The van der Waals surface area contributed by atoms with Gasteiger partial charge in [-0.05, 0) is 49.4 Å². The van der Waals surface area contributed by atoms with Gasteiger partial charge in [-0.2, -0.15) is 0 Å². The zero-order valence-corrected chi connectivity index (χ0v) is 13.7. The van der Waals surface area contributed by atoms with Crippen LogP contribution in [0.2, 0.25) is 0 Å². The third kappa shape index (κ3) is 4.06. The summed E-state index contributed by atoms with van der Waals surface area (Å²) in [7, 11) is -3.21. The quantitative estimate of drug-likeness (QED) is 0.839. The minimum absolute atomic E-state index is 0.150. The van der Waals surface area contributed by atoms with Crippen molar-refractivity contribution in [3.8, 4) is 0 Å². The summed E-state index contributed by atoms with van der Waals surface area (Å²) in [5.41, 5.74) is 0.491. The van der Waals surface area contributed by atoms with Crippen LogP contribution in [0.4, 0.5) is 0 Å². The van der Waals surface area contributed by atoms with Crippen LogP contribution in [0.1, 0.15) is 29.6 Å². The average Bonchev–Trinajstić information content (AvgIpc) is 2.81. The zero-order chi connectivity index (χ0) is 14.8. The molecule has 0 saturated heterocycles. The van der Waals surface area contributed by atoms with Crippen molar-refractivity contribution in [2.45, 2.75) is 29.0 Å². The normalized spacial score (nSPS) is 22.7. The molecule has 1 aromatic carbocycles. The molecule has 0 radical (unpaired) electrons. The molecule has 0 bridgehead atoms. The highest BCUT2D eigenvalue weighted by molar-refractivity contribution is 9.09. The smallest absolute Gasteiger partial charge is 0.251 e. The van der Waals surface area contributed by atoms with Crippen LogP contribution in [0.15, 0.2) is 29.2 Å². The van der Waals surface area contributed by atoms with E-state index < -0.39 is 9.84 Å². The predicted molar refractivity (Wildman–Crippen MR) is 81.9 cm³/mol. The van der Waals surface area contributed by atoms with Gasteiger partial charge in [0.2, 0.25) is 0 Å². The maximum atomic E-state index is 12.0. The van der Waals surface area contributed by atoms with Gasteiger partial charge in [-0.3, -0.25) is 4.79 Å². The number of hydrogen-bond donors (Lipinski definition) is 1. The van der Waals surface area contributed by atoms with E-state index in [0.29, 0.717) is 22.9 Å². The number of sulfone groups is 1. The molecule has 4 nitrogen and oxygen atoms in total. The molecule has 1 aromatic rings. The molecule has 2 unspecified atom stereocenters. The second-order valence-electron chi connectivity index (χ2n) is 5.28. The van der Waals surface area contributed by atoms with Crippen molar-refractivity contribution >= 4 is 31.7 Å². The van der Waals surface area contributed by atoms with Crippen molar-refractivity contribution in [2.75, 3.05) is 12.8 Å². The Morgan fingerprint density at radius 2 is 1.95 bits per heavy atom. The predicted octanol–water partition coefficient (Wildman–Crippen LogP) is 2.38. The van der Waals surface area contributed by atoms with Gasteiger partial charge in [0.05, 0.1) is 4.90 Å². The summed E-state index contributed by atoms with van der Waals surface area (Å²) in [5.74, 6) is 0.377. The number of halogens is 1. The van der Waals surface area contributed by atoms with E-state index >= 15 is 0 Å². The number of hydrogen-bond acceptors (Lipinski definition) is 3. The van der Waals surface area contributed by atoms with Gasteiger partial charge < -0.3 is 5.32 Å². The first-order valence-corrected chi connectivity index (χ1v) is 9.39. The van der Waals surface area contributed by atoms with Gasteiger partial charge in [-0.15, -0.1) is 0 Å². The molecule has 20 heavy (non-hydrogen) atoms. The molecule has 1 saturated carbocycles. The Morgan fingerprint density at radius 1 is 1.30 bits per heavy atom. The van der Waals surface area contributed by atoms with Crippen molar-refractivity contribution in [3.05, 3.63) is 29.8 Å². The summed E-state index contributed by atoms with van der Waals surface area (Å²) >= 11 is 3.59. The second-order valence-corrected chi connectivity index (χ2v) is 8.59. The van der Waals surface area contributed by atoms with E-state index in [1.807, 2.05) is 0 Å². The summed E-state index contributed by atoms with van der Waals surface area (Å²) in [5, 5.41) is 2.91. The van der Waals surface area contributed by atoms with Crippen molar-refractivity contribution < 1.29 is 13.2 Å². The lowest BCUT2D eigenvalue weighted by molar-refractivity contribution is 0.0947. The third-order valence-corrected chi connectivity index (χ3v) is 5.53. The number of rotatable bonds is 4. The molecule has 1 aliphatic rings. The summed E-state index contributed by atoms with van der Waals surface area (Å²) in [6.45, 7) is 0.675. The molecular formula is C14H18BrNO3S. The van der Waals surface area contributed by atoms with Crippen LogP contribution < -0.4 is 5.32 Å². The van der Waals surface area contributed by atoms with E-state index in [9.17, 15) is 13.2 Å². The third-order valence-electron chi connectivity index (χ3n) is 3.57. The van der Waals surface area contributed by atoms with E-state index in [1.54, 1.807) is 12.1 Å². The molecule has 1 aliphatic carbocycles. The highest BCUT2D eigenvalue weighted by atomic mass is 79.9. The molecule has 0 aliphatic heterocycles. The fourth-order valence-corrected chi connectivity index (χ4v) is 3.82. The van der Waals surface area contributed by atoms with Crippen LogP contribution in [0.3, 0.4) is 0 Å². The standard InChI is InChI=1S/C14H18BrNO3S/c1-20(18,19)13-6-3-11(4-7-13)14(17)16-9-10-2-5-12(15)8-10/h3-4,6-7,10,12H,2,5,8-9H2,1H3,(H,16,17). The first-order chi connectivity index (χ1) is 9.36. The second kappa shape index (κ2) is 6.26. The topological polar surface area (TPSA) is 63.2 Å². The van der Waals surface area contributed by atoms with Gasteiger partial charge in [0.25, 0.3) is 5.91 Å². The minimum Gasteiger partial charge on any atom is -0.352 e. The molecule has 110 valence electrons. The molecular weight excluding hydrogens is 342 g/mol. The Labute approximate surface area is 128 Å². The van der Waals surface area contributed by atoms with Crippen LogP contribution in [0.25, 0.3) is 0 Å². The fraction of sp³-hybridized carbons (Fsp3) is 0.500. The lowest BCUT2D eigenvalue weighted by Gasteiger charge is -2.11. The fourth-order valence-electron chi connectivity index (χ4n) is 2.39. The van der Waals surface area contributed by atoms with E-state index in [1.165, 1.54) is 12.1 Å². The number of nitrogens with one attached hydrogen (secondary N) is 1. The summed E-state index contributed by atoms with van der Waals surface area (Å²) in [6, 6.07) is 6.03.